The number of hydrogen-bond acceptors (Lipinski definition) is 5. The van der Waals surface area contributed by atoms with Gasteiger partial charge in [0.25, 0.3) is 0 Å². The van der Waals surface area contributed by atoms with E-state index in [9.17, 15) is 0 Å². The second-order valence-corrected chi connectivity index (χ2v) is 3.17. The number of aromatic nitrogens is 3. The molecule has 0 atom stereocenters. The van der Waals surface area contributed by atoms with Crippen LogP contribution in [0, 0.1) is 0 Å². The highest BCUT2D eigenvalue weighted by Gasteiger charge is 2.03. The van der Waals surface area contributed by atoms with Crippen molar-refractivity contribution in [3.05, 3.63) is 24.4 Å². The Bertz CT molecular complexity index is 375. The van der Waals surface area contributed by atoms with E-state index >= 15 is 0 Å². The third kappa shape index (κ3) is 2.13. The van der Waals surface area contributed by atoms with Crippen molar-refractivity contribution in [3.8, 4) is 10.7 Å². The number of hydrogen-bond donors (Lipinski definition) is 1. The average Bonchev–Trinajstić information content (AvgIpc) is 2.54. The number of nitrogens with two attached hydrogens (primary N) is 1. The van der Waals surface area contributed by atoms with E-state index in [0.717, 1.165) is 10.7 Å². The van der Waals surface area contributed by atoms with Crippen molar-refractivity contribution in [1.82, 2.24) is 15.2 Å². The molecular weight excluding hydrogens is 208 g/mol. The van der Waals surface area contributed by atoms with Crippen molar-refractivity contribution in [2.45, 2.75) is 0 Å². The first-order chi connectivity index (χ1) is 5.86. The maximum Gasteiger partial charge on any atom is 0.203 e. The van der Waals surface area contributed by atoms with E-state index < -0.39 is 0 Å². The summed E-state index contributed by atoms with van der Waals surface area (Å²) < 4.78 is 0. The second-order valence-electron chi connectivity index (χ2n) is 2.16. The molecule has 2 N–H and O–H groups in total. The summed E-state index contributed by atoms with van der Waals surface area (Å²) in [5.41, 5.74) is 6.24. The van der Waals surface area contributed by atoms with E-state index in [1.807, 2.05) is 18.2 Å². The fourth-order valence-electron chi connectivity index (χ4n) is 0.827. The van der Waals surface area contributed by atoms with Crippen LogP contribution in [0.25, 0.3) is 10.7 Å². The van der Waals surface area contributed by atoms with Gasteiger partial charge in [0.15, 0.2) is 5.01 Å². The molecule has 0 bridgehead atoms. The zero-order valence-corrected chi connectivity index (χ0v) is 8.18. The Balaban J connectivity index is 0.000000845. The molecule has 0 aliphatic rings. The third-order valence-corrected chi connectivity index (χ3v) is 2.10. The molecular formula is C7H7ClN4S. The van der Waals surface area contributed by atoms with Crippen LogP contribution in [0.1, 0.15) is 0 Å². The largest absolute Gasteiger partial charge is 0.374 e. The minimum atomic E-state index is 0. The molecule has 6 heteroatoms. The molecule has 0 saturated carbocycles. The van der Waals surface area contributed by atoms with Crippen molar-refractivity contribution >= 4 is 28.9 Å². The van der Waals surface area contributed by atoms with Gasteiger partial charge in [0.05, 0.1) is 0 Å². The number of pyridine rings is 1. The summed E-state index contributed by atoms with van der Waals surface area (Å²) in [5.74, 6) is 0. The summed E-state index contributed by atoms with van der Waals surface area (Å²) in [7, 11) is 0. The molecule has 13 heavy (non-hydrogen) atoms. The van der Waals surface area contributed by atoms with Gasteiger partial charge >= 0.3 is 0 Å². The fraction of sp³-hybridized carbons (Fsp3) is 0. The number of halogens is 1. The van der Waals surface area contributed by atoms with Crippen LogP contribution in [0.5, 0.6) is 0 Å². The highest BCUT2D eigenvalue weighted by atomic mass is 35.5. The van der Waals surface area contributed by atoms with E-state index in [1.165, 1.54) is 11.3 Å². The van der Waals surface area contributed by atoms with Crippen LogP contribution in [0.2, 0.25) is 0 Å². The molecule has 2 aromatic rings. The highest BCUT2D eigenvalue weighted by Crippen LogP contribution is 2.21. The normalized spacial score (nSPS) is 9.23. The summed E-state index contributed by atoms with van der Waals surface area (Å²) >= 11 is 1.33. The number of anilines is 1. The Labute approximate surface area is 85.2 Å². The Morgan fingerprint density at radius 1 is 1.23 bits per heavy atom. The quantitative estimate of drug-likeness (QED) is 0.783. The fourth-order valence-corrected chi connectivity index (χ4v) is 1.41. The lowest BCUT2D eigenvalue weighted by molar-refractivity contribution is 1.09. The molecule has 0 amide bonds. The van der Waals surface area contributed by atoms with E-state index in [4.69, 9.17) is 5.73 Å². The van der Waals surface area contributed by atoms with Crippen molar-refractivity contribution in [2.75, 3.05) is 5.73 Å². The predicted octanol–water partition coefficient (Wildman–Crippen LogP) is 1.60. The monoisotopic (exact) mass is 214 g/mol. The van der Waals surface area contributed by atoms with E-state index in [2.05, 4.69) is 15.2 Å². The molecule has 2 aromatic heterocycles. The average molecular weight is 215 g/mol. The first kappa shape index (κ1) is 9.88. The molecule has 0 aliphatic heterocycles. The lowest BCUT2D eigenvalue weighted by Crippen LogP contribution is -1.81. The number of nitrogen functional groups attached to an aromatic ring is 1. The standard InChI is InChI=1S/C7H6N4S.ClH/c8-7-11-10-6(12-7)5-3-1-2-4-9-5;/h1-4H,(H2,8,11);1H. The van der Waals surface area contributed by atoms with Crippen LogP contribution in [0.3, 0.4) is 0 Å². The smallest absolute Gasteiger partial charge is 0.203 e. The Morgan fingerprint density at radius 2 is 2.08 bits per heavy atom. The van der Waals surface area contributed by atoms with Crippen LogP contribution in [0.4, 0.5) is 5.13 Å². The molecule has 2 rings (SSSR count). The van der Waals surface area contributed by atoms with Gasteiger partial charge in [-0.05, 0) is 12.1 Å². The van der Waals surface area contributed by atoms with Gasteiger partial charge < -0.3 is 5.73 Å². The van der Waals surface area contributed by atoms with Gasteiger partial charge in [0.2, 0.25) is 5.13 Å². The minimum absolute atomic E-state index is 0. The van der Waals surface area contributed by atoms with Gasteiger partial charge in [-0.3, -0.25) is 4.98 Å². The Kier molecular flexibility index (Phi) is 3.16. The maximum atomic E-state index is 5.43. The molecule has 0 unspecified atom stereocenters. The Hall–Kier alpha value is -1.20. The molecule has 4 nitrogen and oxygen atoms in total. The van der Waals surface area contributed by atoms with Gasteiger partial charge in [0, 0.05) is 6.20 Å². The minimum Gasteiger partial charge on any atom is -0.374 e. The van der Waals surface area contributed by atoms with Crippen molar-refractivity contribution in [3.63, 3.8) is 0 Å². The van der Waals surface area contributed by atoms with E-state index in [0.29, 0.717) is 5.13 Å². The number of rotatable bonds is 1. The van der Waals surface area contributed by atoms with Crippen molar-refractivity contribution < 1.29 is 0 Å². The molecule has 2 heterocycles. The SMILES string of the molecule is Cl.Nc1nnc(-c2ccccn2)s1. The molecule has 0 spiro atoms. The van der Waals surface area contributed by atoms with Crippen molar-refractivity contribution in [1.29, 1.82) is 0 Å². The molecule has 0 aromatic carbocycles. The predicted molar refractivity (Wildman–Crippen MR) is 54.8 cm³/mol. The van der Waals surface area contributed by atoms with Crippen LogP contribution >= 0.6 is 23.7 Å². The van der Waals surface area contributed by atoms with Crippen molar-refractivity contribution in [2.24, 2.45) is 0 Å². The maximum absolute atomic E-state index is 5.43. The Morgan fingerprint density at radius 3 is 2.62 bits per heavy atom. The zero-order chi connectivity index (χ0) is 8.39. The van der Waals surface area contributed by atoms with E-state index in [1.54, 1.807) is 6.20 Å². The molecule has 0 radical (unpaired) electrons. The van der Waals surface area contributed by atoms with Crippen LogP contribution in [-0.2, 0) is 0 Å². The summed E-state index contributed by atoms with van der Waals surface area (Å²) in [4.78, 5) is 4.11. The van der Waals surface area contributed by atoms with Gasteiger partial charge in [-0.25, -0.2) is 0 Å². The van der Waals surface area contributed by atoms with Gasteiger partial charge in [-0.1, -0.05) is 17.4 Å². The lowest BCUT2D eigenvalue weighted by Gasteiger charge is -1.89. The molecule has 0 fully saturated rings. The van der Waals surface area contributed by atoms with Crippen LogP contribution < -0.4 is 5.73 Å². The molecule has 0 aliphatic carbocycles. The molecule has 0 saturated heterocycles. The van der Waals surface area contributed by atoms with Gasteiger partial charge in [0.1, 0.15) is 5.69 Å². The second kappa shape index (κ2) is 4.15. The summed E-state index contributed by atoms with van der Waals surface area (Å²) in [6.07, 6.45) is 1.72. The van der Waals surface area contributed by atoms with Gasteiger partial charge in [-0.15, -0.1) is 22.6 Å². The number of nitrogens with zero attached hydrogens (tertiary/aromatic N) is 3. The molecule has 68 valence electrons. The van der Waals surface area contributed by atoms with Gasteiger partial charge in [-0.2, -0.15) is 0 Å². The zero-order valence-electron chi connectivity index (χ0n) is 6.54. The summed E-state index contributed by atoms with van der Waals surface area (Å²) in [6, 6.07) is 5.63. The highest BCUT2D eigenvalue weighted by molar-refractivity contribution is 7.18. The third-order valence-electron chi connectivity index (χ3n) is 1.32. The summed E-state index contributed by atoms with van der Waals surface area (Å²) in [5, 5.41) is 8.79. The van der Waals surface area contributed by atoms with Crippen LogP contribution in [-0.4, -0.2) is 15.2 Å². The lowest BCUT2D eigenvalue weighted by atomic mass is 10.4. The summed E-state index contributed by atoms with van der Waals surface area (Å²) in [6.45, 7) is 0. The van der Waals surface area contributed by atoms with Crippen LogP contribution in [0.15, 0.2) is 24.4 Å². The topological polar surface area (TPSA) is 64.7 Å². The van der Waals surface area contributed by atoms with E-state index in [-0.39, 0.29) is 12.4 Å². The first-order valence-electron chi connectivity index (χ1n) is 3.36. The first-order valence-corrected chi connectivity index (χ1v) is 4.18.